The molecule has 1 aliphatic heterocycles. The van der Waals surface area contributed by atoms with Crippen LogP contribution in [0.25, 0.3) is 0 Å². The zero-order chi connectivity index (χ0) is 21.9. The monoisotopic (exact) mass is 443 g/mol. The third-order valence-corrected chi connectivity index (χ3v) is 5.48. The first kappa shape index (κ1) is 24.6. The Morgan fingerprint density at radius 3 is 2.47 bits per heavy atom. The zero-order valence-electron chi connectivity index (χ0n) is 17.5. The molecule has 2 rings (SSSR count). The summed E-state index contributed by atoms with van der Waals surface area (Å²) in [7, 11) is 0. The Morgan fingerprint density at radius 1 is 1.20 bits per heavy atom. The van der Waals surface area contributed by atoms with E-state index in [0.717, 1.165) is 19.3 Å². The number of hydrogen-bond donors (Lipinski definition) is 2. The van der Waals surface area contributed by atoms with Crippen molar-refractivity contribution < 1.29 is 23.1 Å². The molecule has 1 saturated heterocycles. The number of amides is 2. The maximum atomic E-state index is 12.3. The average Bonchev–Trinajstić information content (AvgIpc) is 2.69. The van der Waals surface area contributed by atoms with Crippen molar-refractivity contribution in [3.63, 3.8) is 0 Å². The first-order chi connectivity index (χ1) is 14.3. The summed E-state index contributed by atoms with van der Waals surface area (Å²) in [6.07, 6.45) is 2.44. The molecule has 1 heterocycles. The molecule has 9 heteroatoms. The second-order valence-electron chi connectivity index (χ2n) is 7.57. The van der Waals surface area contributed by atoms with Crippen LogP contribution in [0.5, 0.6) is 0 Å². The van der Waals surface area contributed by atoms with Crippen molar-refractivity contribution >= 4 is 29.3 Å². The van der Waals surface area contributed by atoms with Gasteiger partial charge in [0.15, 0.2) is 0 Å². The Labute approximate surface area is 181 Å². The van der Waals surface area contributed by atoms with Crippen molar-refractivity contribution in [1.82, 2.24) is 10.2 Å². The molecule has 2 amide bonds. The van der Waals surface area contributed by atoms with Crippen molar-refractivity contribution in [3.8, 4) is 0 Å². The standard InChI is InChI=1S/C21H31F2N3O3S/c1-15(2)29-13-3-10-24-20(28)16-8-11-26(12-9-16)14-19(27)25-17-4-6-18(7-5-17)30-21(22)23/h4-7,15-16,21H,3,8-14H2,1-2H3,(H,24,28)(H,25,27). The van der Waals surface area contributed by atoms with Gasteiger partial charge in [-0.05, 0) is 70.5 Å². The summed E-state index contributed by atoms with van der Waals surface area (Å²) < 4.78 is 30.1. The molecule has 168 valence electrons. The molecule has 0 saturated carbocycles. The molecule has 0 radical (unpaired) electrons. The number of halogens is 2. The van der Waals surface area contributed by atoms with E-state index in [1.807, 2.05) is 18.7 Å². The molecular formula is C21H31F2N3O3S. The first-order valence-corrected chi connectivity index (χ1v) is 11.2. The van der Waals surface area contributed by atoms with Crippen LogP contribution in [-0.4, -0.2) is 61.4 Å². The Balaban J connectivity index is 1.64. The lowest BCUT2D eigenvalue weighted by molar-refractivity contribution is -0.126. The van der Waals surface area contributed by atoms with Crippen molar-refractivity contribution in [2.45, 2.75) is 49.9 Å². The Hall–Kier alpha value is -1.71. The Bertz CT molecular complexity index is 666. The largest absolute Gasteiger partial charge is 0.379 e. The summed E-state index contributed by atoms with van der Waals surface area (Å²) in [6.45, 7) is 6.84. The van der Waals surface area contributed by atoms with Gasteiger partial charge in [-0.15, -0.1) is 0 Å². The molecular weight excluding hydrogens is 412 g/mol. The summed E-state index contributed by atoms with van der Waals surface area (Å²) in [5.74, 6) is -2.56. The molecule has 0 bridgehead atoms. The van der Waals surface area contributed by atoms with Crippen molar-refractivity contribution in [2.24, 2.45) is 5.92 Å². The van der Waals surface area contributed by atoms with Crippen LogP contribution in [0.2, 0.25) is 0 Å². The van der Waals surface area contributed by atoms with Crippen LogP contribution < -0.4 is 10.6 Å². The van der Waals surface area contributed by atoms with E-state index in [1.165, 1.54) is 0 Å². The minimum absolute atomic E-state index is 0.0183. The zero-order valence-corrected chi connectivity index (χ0v) is 18.4. The molecule has 1 aliphatic rings. The Kier molecular flexibility index (Phi) is 10.5. The number of ether oxygens (including phenoxy) is 1. The molecule has 0 aromatic heterocycles. The highest BCUT2D eigenvalue weighted by Gasteiger charge is 2.25. The summed E-state index contributed by atoms with van der Waals surface area (Å²) in [6, 6.07) is 6.35. The minimum atomic E-state index is -2.46. The molecule has 0 spiro atoms. The minimum Gasteiger partial charge on any atom is -0.379 e. The van der Waals surface area contributed by atoms with Gasteiger partial charge in [0, 0.05) is 29.7 Å². The predicted octanol–water partition coefficient (Wildman–Crippen LogP) is 3.58. The van der Waals surface area contributed by atoms with Crippen LogP contribution in [0.1, 0.15) is 33.1 Å². The van der Waals surface area contributed by atoms with Gasteiger partial charge in [0.25, 0.3) is 5.76 Å². The second-order valence-corrected chi connectivity index (χ2v) is 8.63. The lowest BCUT2D eigenvalue weighted by Gasteiger charge is -2.30. The fraction of sp³-hybridized carbons (Fsp3) is 0.619. The van der Waals surface area contributed by atoms with Gasteiger partial charge in [-0.3, -0.25) is 14.5 Å². The molecule has 1 aromatic rings. The van der Waals surface area contributed by atoms with E-state index >= 15 is 0 Å². The number of carbonyl (C=O) groups excluding carboxylic acids is 2. The number of carbonyl (C=O) groups is 2. The van der Waals surface area contributed by atoms with Crippen molar-refractivity contribution in [3.05, 3.63) is 24.3 Å². The van der Waals surface area contributed by atoms with E-state index in [1.54, 1.807) is 24.3 Å². The van der Waals surface area contributed by atoms with Gasteiger partial charge >= 0.3 is 0 Å². The molecule has 6 nitrogen and oxygen atoms in total. The number of anilines is 1. The maximum absolute atomic E-state index is 12.3. The highest BCUT2D eigenvalue weighted by molar-refractivity contribution is 7.99. The molecule has 1 aromatic carbocycles. The predicted molar refractivity (Wildman–Crippen MR) is 115 cm³/mol. The SMILES string of the molecule is CC(C)OCCCNC(=O)C1CCN(CC(=O)Nc2ccc(SC(F)F)cc2)CC1. The van der Waals surface area contributed by atoms with Gasteiger partial charge < -0.3 is 15.4 Å². The van der Waals surface area contributed by atoms with Gasteiger partial charge in [0.05, 0.1) is 12.6 Å². The van der Waals surface area contributed by atoms with Gasteiger partial charge in [0.2, 0.25) is 11.8 Å². The molecule has 0 aliphatic carbocycles. The fourth-order valence-electron chi connectivity index (χ4n) is 3.22. The van der Waals surface area contributed by atoms with Gasteiger partial charge in [-0.2, -0.15) is 8.78 Å². The highest BCUT2D eigenvalue weighted by atomic mass is 32.2. The third-order valence-electron chi connectivity index (χ3n) is 4.76. The van der Waals surface area contributed by atoms with Crippen LogP contribution in [0.4, 0.5) is 14.5 Å². The highest BCUT2D eigenvalue weighted by Crippen LogP contribution is 2.26. The number of piperidine rings is 1. The normalized spacial score (nSPS) is 15.5. The van der Waals surface area contributed by atoms with E-state index in [0.29, 0.717) is 48.6 Å². The topological polar surface area (TPSA) is 70.7 Å². The van der Waals surface area contributed by atoms with E-state index in [9.17, 15) is 18.4 Å². The van der Waals surface area contributed by atoms with E-state index in [2.05, 4.69) is 10.6 Å². The number of rotatable bonds is 11. The number of benzene rings is 1. The third kappa shape index (κ3) is 9.40. The smallest absolute Gasteiger partial charge is 0.288 e. The summed E-state index contributed by atoms with van der Waals surface area (Å²) >= 11 is 0.472. The fourth-order valence-corrected chi connectivity index (χ4v) is 3.72. The lowest BCUT2D eigenvalue weighted by Crippen LogP contribution is -2.43. The number of hydrogen-bond acceptors (Lipinski definition) is 5. The number of alkyl halides is 2. The number of nitrogens with zero attached hydrogens (tertiary/aromatic N) is 1. The summed E-state index contributed by atoms with van der Waals surface area (Å²) in [5.41, 5.74) is 0.578. The molecule has 30 heavy (non-hydrogen) atoms. The van der Waals surface area contributed by atoms with E-state index < -0.39 is 5.76 Å². The molecule has 0 atom stereocenters. The van der Waals surface area contributed by atoms with Crippen LogP contribution in [0.3, 0.4) is 0 Å². The second kappa shape index (κ2) is 12.9. The van der Waals surface area contributed by atoms with Crippen LogP contribution in [0.15, 0.2) is 29.2 Å². The van der Waals surface area contributed by atoms with Crippen LogP contribution in [0, 0.1) is 5.92 Å². The van der Waals surface area contributed by atoms with Gasteiger partial charge in [-0.25, -0.2) is 0 Å². The lowest BCUT2D eigenvalue weighted by atomic mass is 9.96. The van der Waals surface area contributed by atoms with E-state index in [-0.39, 0.29) is 30.4 Å². The first-order valence-electron chi connectivity index (χ1n) is 10.3. The van der Waals surface area contributed by atoms with Crippen molar-refractivity contribution in [2.75, 3.05) is 38.1 Å². The molecule has 2 N–H and O–H groups in total. The number of thioether (sulfide) groups is 1. The van der Waals surface area contributed by atoms with Crippen LogP contribution in [-0.2, 0) is 14.3 Å². The van der Waals surface area contributed by atoms with E-state index in [4.69, 9.17) is 4.74 Å². The number of nitrogens with one attached hydrogen (secondary N) is 2. The summed E-state index contributed by atoms with van der Waals surface area (Å²) in [5, 5.41) is 5.75. The average molecular weight is 444 g/mol. The quantitative estimate of drug-likeness (QED) is 0.404. The maximum Gasteiger partial charge on any atom is 0.288 e. The Morgan fingerprint density at radius 2 is 1.87 bits per heavy atom. The number of likely N-dealkylation sites (tertiary alicyclic amines) is 1. The van der Waals surface area contributed by atoms with Gasteiger partial charge in [0.1, 0.15) is 0 Å². The molecule has 0 unspecified atom stereocenters. The van der Waals surface area contributed by atoms with Gasteiger partial charge in [-0.1, -0.05) is 11.8 Å². The van der Waals surface area contributed by atoms with Crippen LogP contribution >= 0.6 is 11.8 Å². The summed E-state index contributed by atoms with van der Waals surface area (Å²) in [4.78, 5) is 27.0. The van der Waals surface area contributed by atoms with Crippen molar-refractivity contribution in [1.29, 1.82) is 0 Å². The molecule has 1 fully saturated rings.